The highest BCUT2D eigenvalue weighted by Crippen LogP contribution is 2.32. The molecule has 5 heteroatoms. The third-order valence-electron chi connectivity index (χ3n) is 4.89. The summed E-state index contributed by atoms with van der Waals surface area (Å²) in [5.41, 5.74) is 5.03. The van der Waals surface area contributed by atoms with Crippen molar-refractivity contribution >= 4 is 23.6 Å². The van der Waals surface area contributed by atoms with Crippen LogP contribution in [0.15, 0.2) is 48.5 Å². The number of benzene rings is 2. The Morgan fingerprint density at radius 3 is 2.61 bits per heavy atom. The van der Waals surface area contributed by atoms with Gasteiger partial charge in [0.1, 0.15) is 0 Å². The monoisotopic (exact) mass is 378 g/mol. The Hall–Kier alpha value is -3.08. The highest BCUT2D eigenvalue weighted by molar-refractivity contribution is 5.95. The molecule has 5 nitrogen and oxygen atoms in total. The Balaban J connectivity index is 1.67. The maximum Gasteiger partial charge on any atom is 0.330 e. The predicted molar refractivity (Wildman–Crippen MR) is 111 cm³/mol. The minimum atomic E-state index is -0.339. The largest absolute Gasteiger partial charge is 0.463 e. The number of aryl methyl sites for hydroxylation is 1. The first-order valence-corrected chi connectivity index (χ1v) is 9.54. The van der Waals surface area contributed by atoms with Crippen LogP contribution in [0.1, 0.15) is 46.4 Å². The Kier molecular flexibility index (Phi) is 6.14. The molecule has 0 saturated carbocycles. The number of fused-ring (bicyclic) bond motifs is 1. The molecule has 1 aliphatic rings. The second-order valence-corrected chi connectivity index (χ2v) is 7.05. The Labute approximate surface area is 166 Å². The molecule has 1 amide bonds. The normalized spacial score (nSPS) is 15.3. The fourth-order valence-corrected chi connectivity index (χ4v) is 3.40. The summed E-state index contributed by atoms with van der Waals surface area (Å²) >= 11 is 0. The van der Waals surface area contributed by atoms with Crippen LogP contribution in [-0.4, -0.2) is 32.6 Å². The van der Waals surface area contributed by atoms with E-state index < -0.39 is 0 Å². The fourth-order valence-electron chi connectivity index (χ4n) is 3.40. The smallest absolute Gasteiger partial charge is 0.330 e. The number of nitrogens with zero attached hydrogens (tertiary/aromatic N) is 1. The zero-order chi connectivity index (χ0) is 20.1. The van der Waals surface area contributed by atoms with Gasteiger partial charge < -0.3 is 15.0 Å². The molecule has 0 aromatic heterocycles. The van der Waals surface area contributed by atoms with Gasteiger partial charge in [-0.25, -0.2) is 4.79 Å². The molecule has 1 unspecified atom stereocenters. The van der Waals surface area contributed by atoms with Crippen LogP contribution in [0.2, 0.25) is 0 Å². The molecule has 0 heterocycles. The van der Waals surface area contributed by atoms with Gasteiger partial charge in [-0.3, -0.25) is 4.79 Å². The number of hydrogen-bond acceptors (Lipinski definition) is 4. The number of amides is 1. The van der Waals surface area contributed by atoms with E-state index in [1.807, 2.05) is 55.4 Å². The minimum Gasteiger partial charge on any atom is -0.463 e. The first-order valence-electron chi connectivity index (χ1n) is 9.54. The molecule has 3 rings (SSSR count). The van der Waals surface area contributed by atoms with Gasteiger partial charge in [-0.1, -0.05) is 18.2 Å². The van der Waals surface area contributed by atoms with Gasteiger partial charge in [0.2, 0.25) is 0 Å². The average Bonchev–Trinajstić information content (AvgIpc) is 3.08. The van der Waals surface area contributed by atoms with E-state index in [4.69, 9.17) is 4.74 Å². The summed E-state index contributed by atoms with van der Waals surface area (Å²) in [5, 5.41) is 3.14. The number of nitrogens with one attached hydrogen (secondary N) is 1. The molecule has 0 saturated heterocycles. The van der Waals surface area contributed by atoms with Crippen LogP contribution in [-0.2, 0) is 16.0 Å². The average molecular weight is 378 g/mol. The molecule has 1 N–H and O–H groups in total. The first-order chi connectivity index (χ1) is 13.5. The molecule has 0 fully saturated rings. The molecule has 146 valence electrons. The summed E-state index contributed by atoms with van der Waals surface area (Å²) < 4.78 is 4.90. The van der Waals surface area contributed by atoms with Crippen LogP contribution in [0.5, 0.6) is 0 Å². The summed E-state index contributed by atoms with van der Waals surface area (Å²) in [4.78, 5) is 26.1. The second-order valence-electron chi connectivity index (χ2n) is 7.05. The Bertz CT molecular complexity index is 885. The maximum atomic E-state index is 12.6. The van der Waals surface area contributed by atoms with Crippen molar-refractivity contribution in [1.82, 2.24) is 5.32 Å². The fraction of sp³-hybridized carbons (Fsp3) is 0.304. The number of anilines is 1. The van der Waals surface area contributed by atoms with Crippen molar-refractivity contribution in [3.8, 4) is 0 Å². The molecule has 2 aromatic rings. The van der Waals surface area contributed by atoms with Gasteiger partial charge in [0.25, 0.3) is 5.91 Å². The van der Waals surface area contributed by atoms with Gasteiger partial charge in [0.15, 0.2) is 0 Å². The van der Waals surface area contributed by atoms with Crippen molar-refractivity contribution in [2.24, 2.45) is 0 Å². The molecular formula is C23H26N2O3. The number of ether oxygens (including phenoxy) is 1. The zero-order valence-electron chi connectivity index (χ0n) is 16.6. The molecule has 1 aliphatic carbocycles. The molecule has 1 atom stereocenters. The molecule has 0 bridgehead atoms. The van der Waals surface area contributed by atoms with Crippen LogP contribution in [0.4, 0.5) is 5.69 Å². The van der Waals surface area contributed by atoms with Crippen LogP contribution in [0.25, 0.3) is 6.08 Å². The molecule has 0 radical (unpaired) electrons. The van der Waals surface area contributed by atoms with Crippen molar-refractivity contribution in [2.45, 2.75) is 25.8 Å². The number of esters is 1. The van der Waals surface area contributed by atoms with Crippen LogP contribution >= 0.6 is 0 Å². The van der Waals surface area contributed by atoms with E-state index >= 15 is 0 Å². The molecule has 0 aliphatic heterocycles. The second kappa shape index (κ2) is 8.74. The van der Waals surface area contributed by atoms with Crippen molar-refractivity contribution < 1.29 is 14.3 Å². The quantitative estimate of drug-likeness (QED) is 0.614. The van der Waals surface area contributed by atoms with E-state index in [9.17, 15) is 9.59 Å². The maximum absolute atomic E-state index is 12.6. The minimum absolute atomic E-state index is 0.0131. The highest BCUT2D eigenvalue weighted by Gasteiger charge is 2.24. The predicted octanol–water partition coefficient (Wildman–Crippen LogP) is 3.75. The van der Waals surface area contributed by atoms with Crippen LogP contribution in [0.3, 0.4) is 0 Å². The van der Waals surface area contributed by atoms with E-state index in [-0.39, 0.29) is 17.9 Å². The van der Waals surface area contributed by atoms with Crippen LogP contribution < -0.4 is 10.2 Å². The van der Waals surface area contributed by atoms with E-state index in [0.717, 1.165) is 29.7 Å². The lowest BCUT2D eigenvalue weighted by Crippen LogP contribution is -2.27. The summed E-state index contributed by atoms with van der Waals surface area (Å²) in [6.07, 6.45) is 4.98. The number of rotatable bonds is 6. The van der Waals surface area contributed by atoms with Crippen molar-refractivity contribution in [1.29, 1.82) is 0 Å². The number of hydrogen-bond donors (Lipinski definition) is 1. The van der Waals surface area contributed by atoms with E-state index in [1.54, 1.807) is 13.0 Å². The Morgan fingerprint density at radius 2 is 1.93 bits per heavy atom. The molecule has 28 heavy (non-hydrogen) atoms. The number of carbonyl (C=O) groups excluding carboxylic acids is 2. The third kappa shape index (κ3) is 4.60. The lowest BCUT2D eigenvalue weighted by atomic mass is 10.0. The highest BCUT2D eigenvalue weighted by atomic mass is 16.5. The van der Waals surface area contributed by atoms with Crippen molar-refractivity contribution in [2.75, 3.05) is 25.6 Å². The standard InChI is InChI=1S/C23H26N2O3/c1-4-28-22(26)14-6-16-5-12-20-18(15-16)9-13-21(20)24-23(27)17-7-10-19(11-8-17)25(2)3/h5-8,10-12,14-15,21H,4,9,13H2,1-3H3,(H,24,27)/b14-6+. The molecular weight excluding hydrogens is 352 g/mol. The van der Waals surface area contributed by atoms with Gasteiger partial charge in [-0.05, 0) is 66.8 Å². The summed E-state index contributed by atoms with van der Waals surface area (Å²) in [6.45, 7) is 2.15. The van der Waals surface area contributed by atoms with Gasteiger partial charge in [0, 0.05) is 31.4 Å². The topological polar surface area (TPSA) is 58.6 Å². The van der Waals surface area contributed by atoms with Crippen LogP contribution in [0, 0.1) is 0 Å². The van der Waals surface area contributed by atoms with Gasteiger partial charge in [0.05, 0.1) is 12.6 Å². The van der Waals surface area contributed by atoms with E-state index in [0.29, 0.717) is 12.2 Å². The number of carbonyl (C=O) groups is 2. The molecule has 0 spiro atoms. The van der Waals surface area contributed by atoms with Crippen molar-refractivity contribution in [3.63, 3.8) is 0 Å². The summed E-state index contributed by atoms with van der Waals surface area (Å²) in [5.74, 6) is -0.400. The van der Waals surface area contributed by atoms with Gasteiger partial charge in [-0.15, -0.1) is 0 Å². The van der Waals surface area contributed by atoms with Gasteiger partial charge in [-0.2, -0.15) is 0 Å². The third-order valence-corrected chi connectivity index (χ3v) is 4.89. The first kappa shape index (κ1) is 19.7. The molecule has 2 aromatic carbocycles. The zero-order valence-corrected chi connectivity index (χ0v) is 16.6. The lowest BCUT2D eigenvalue weighted by molar-refractivity contribution is -0.137. The van der Waals surface area contributed by atoms with Crippen molar-refractivity contribution in [3.05, 3.63) is 70.8 Å². The van der Waals surface area contributed by atoms with E-state index in [2.05, 4.69) is 11.4 Å². The van der Waals surface area contributed by atoms with E-state index in [1.165, 1.54) is 11.6 Å². The summed E-state index contributed by atoms with van der Waals surface area (Å²) in [6, 6.07) is 13.7. The Morgan fingerprint density at radius 1 is 1.18 bits per heavy atom. The SMILES string of the molecule is CCOC(=O)/C=C/c1ccc2c(c1)CCC2NC(=O)c1ccc(N(C)C)cc1. The summed E-state index contributed by atoms with van der Waals surface area (Å²) in [7, 11) is 3.95. The lowest BCUT2D eigenvalue weighted by Gasteiger charge is -2.16. The van der Waals surface area contributed by atoms with Gasteiger partial charge >= 0.3 is 5.97 Å².